The average Bonchev–Trinajstić information content (AvgIpc) is 3.22. The fourth-order valence-electron chi connectivity index (χ4n) is 3.63. The Hall–Kier alpha value is -2.59. The molecule has 1 fully saturated rings. The topological polar surface area (TPSA) is 90.0 Å². The molecule has 1 aromatic carbocycles. The third-order valence-electron chi connectivity index (χ3n) is 5.21. The third-order valence-corrected chi connectivity index (χ3v) is 6.90. The number of methoxy groups -OCH3 is 1. The van der Waals surface area contributed by atoms with E-state index < -0.39 is 17.3 Å². The zero-order valence-corrected chi connectivity index (χ0v) is 19.8. The first-order valence-electron chi connectivity index (χ1n) is 10.4. The highest BCUT2D eigenvalue weighted by Gasteiger charge is 2.46. The van der Waals surface area contributed by atoms with Gasteiger partial charge in [0.1, 0.15) is 23.3 Å². The molecular formula is C23H24ClN3O5S. The molecule has 3 amide bonds. The standard InChI is InChI=1S/C23H24ClN3O5S/c1-14-12-25-13-18(20(14)32-10-9-31-8-7-30-2)27-22(28)21-17(26-23(27)29)11-19(33-21)15-5-3-4-6-16(15)24/h3-6,11-13,17,21H,7-10H2,1-2H3,(H,26,29). The van der Waals surface area contributed by atoms with E-state index in [1.54, 1.807) is 19.4 Å². The van der Waals surface area contributed by atoms with Crippen LogP contribution in [0.15, 0.2) is 42.7 Å². The minimum Gasteiger partial charge on any atom is -0.489 e. The van der Waals surface area contributed by atoms with E-state index in [0.29, 0.717) is 41.8 Å². The summed E-state index contributed by atoms with van der Waals surface area (Å²) in [6.07, 6.45) is 4.97. The van der Waals surface area contributed by atoms with Gasteiger partial charge in [-0.25, -0.2) is 9.69 Å². The molecule has 0 saturated carbocycles. The highest BCUT2D eigenvalue weighted by Crippen LogP contribution is 2.45. The molecule has 8 nitrogen and oxygen atoms in total. The van der Waals surface area contributed by atoms with Gasteiger partial charge in [-0.1, -0.05) is 29.8 Å². The Kier molecular flexibility index (Phi) is 7.54. The van der Waals surface area contributed by atoms with Crippen LogP contribution in [-0.4, -0.2) is 61.8 Å². The van der Waals surface area contributed by atoms with Gasteiger partial charge in [0.15, 0.2) is 0 Å². The van der Waals surface area contributed by atoms with Crippen LogP contribution in [0.3, 0.4) is 0 Å². The molecule has 33 heavy (non-hydrogen) atoms. The second-order valence-electron chi connectivity index (χ2n) is 7.46. The molecule has 1 aromatic heterocycles. The van der Waals surface area contributed by atoms with E-state index in [0.717, 1.165) is 15.4 Å². The number of carbonyl (C=O) groups excluding carboxylic acids is 2. The van der Waals surface area contributed by atoms with Crippen molar-refractivity contribution in [2.24, 2.45) is 0 Å². The minimum atomic E-state index is -0.521. The van der Waals surface area contributed by atoms with Crippen molar-refractivity contribution in [2.45, 2.75) is 18.2 Å². The molecule has 4 rings (SSSR count). The number of hydrogen-bond acceptors (Lipinski definition) is 7. The summed E-state index contributed by atoms with van der Waals surface area (Å²) in [7, 11) is 1.60. The maximum Gasteiger partial charge on any atom is 0.329 e. The van der Waals surface area contributed by atoms with Crippen LogP contribution >= 0.6 is 23.4 Å². The number of nitrogens with one attached hydrogen (secondary N) is 1. The number of aromatic nitrogens is 1. The highest BCUT2D eigenvalue weighted by atomic mass is 35.5. The maximum atomic E-state index is 13.4. The summed E-state index contributed by atoms with van der Waals surface area (Å²) in [5, 5.41) is 3.00. The van der Waals surface area contributed by atoms with Crippen LogP contribution in [0.1, 0.15) is 11.1 Å². The number of fused-ring (bicyclic) bond motifs is 1. The number of anilines is 1. The largest absolute Gasteiger partial charge is 0.489 e. The average molecular weight is 490 g/mol. The zero-order valence-electron chi connectivity index (χ0n) is 18.2. The predicted molar refractivity (Wildman–Crippen MR) is 128 cm³/mol. The lowest BCUT2D eigenvalue weighted by Gasteiger charge is -2.33. The molecule has 3 heterocycles. The van der Waals surface area contributed by atoms with E-state index in [1.807, 2.05) is 31.2 Å². The second kappa shape index (κ2) is 10.6. The number of nitrogens with zero attached hydrogens (tertiary/aromatic N) is 2. The minimum absolute atomic E-state index is 0.254. The van der Waals surface area contributed by atoms with Gasteiger partial charge < -0.3 is 19.5 Å². The Morgan fingerprint density at radius 2 is 1.94 bits per heavy atom. The van der Waals surface area contributed by atoms with Crippen LogP contribution in [0.5, 0.6) is 5.75 Å². The molecular weight excluding hydrogens is 466 g/mol. The van der Waals surface area contributed by atoms with Crippen molar-refractivity contribution in [3.63, 3.8) is 0 Å². The number of aryl methyl sites for hydroxylation is 1. The molecule has 2 unspecified atom stereocenters. The Morgan fingerprint density at radius 3 is 2.73 bits per heavy atom. The van der Waals surface area contributed by atoms with E-state index in [4.69, 9.17) is 25.8 Å². The Balaban J connectivity index is 1.52. The Bertz CT molecular complexity index is 1080. The van der Waals surface area contributed by atoms with Crippen molar-refractivity contribution in [3.8, 4) is 5.75 Å². The summed E-state index contributed by atoms with van der Waals surface area (Å²) in [5.74, 6) is 0.0882. The number of imide groups is 1. The molecule has 2 atom stereocenters. The van der Waals surface area contributed by atoms with Gasteiger partial charge >= 0.3 is 6.03 Å². The lowest BCUT2D eigenvalue weighted by molar-refractivity contribution is -0.118. The molecule has 0 spiro atoms. The van der Waals surface area contributed by atoms with Crippen LogP contribution in [0, 0.1) is 6.92 Å². The molecule has 1 saturated heterocycles. The Morgan fingerprint density at radius 1 is 1.15 bits per heavy atom. The van der Waals surface area contributed by atoms with Gasteiger partial charge in [-0.15, -0.1) is 11.8 Å². The van der Waals surface area contributed by atoms with Gasteiger partial charge in [0.05, 0.1) is 32.1 Å². The van der Waals surface area contributed by atoms with Crippen molar-refractivity contribution >= 4 is 45.9 Å². The van der Waals surface area contributed by atoms with Gasteiger partial charge in [0, 0.05) is 34.4 Å². The summed E-state index contributed by atoms with van der Waals surface area (Å²) >= 11 is 7.73. The number of ether oxygens (including phenoxy) is 3. The van der Waals surface area contributed by atoms with Crippen molar-refractivity contribution in [1.29, 1.82) is 0 Å². The molecule has 0 radical (unpaired) electrons. The van der Waals surface area contributed by atoms with E-state index >= 15 is 0 Å². The third kappa shape index (κ3) is 5.01. The van der Waals surface area contributed by atoms with Crippen LogP contribution in [-0.2, 0) is 14.3 Å². The van der Waals surface area contributed by atoms with Crippen LogP contribution < -0.4 is 15.0 Å². The number of halogens is 1. The summed E-state index contributed by atoms with van der Waals surface area (Å²) in [6.45, 7) is 3.36. The predicted octanol–water partition coefficient (Wildman–Crippen LogP) is 3.67. The summed E-state index contributed by atoms with van der Waals surface area (Å²) in [6, 6.07) is 6.49. The van der Waals surface area contributed by atoms with Gasteiger partial charge in [-0.2, -0.15) is 0 Å². The SMILES string of the molecule is COCCOCCOc1c(C)cncc1N1C(=O)NC2C=C(c3ccccc3Cl)SC2C1=O. The van der Waals surface area contributed by atoms with E-state index in [-0.39, 0.29) is 12.5 Å². The van der Waals surface area contributed by atoms with Gasteiger partial charge in [0.2, 0.25) is 0 Å². The molecule has 174 valence electrons. The number of carbonyl (C=O) groups is 2. The number of urea groups is 1. The van der Waals surface area contributed by atoms with E-state index in [1.165, 1.54) is 18.0 Å². The fraction of sp³-hybridized carbons (Fsp3) is 0.348. The maximum absolute atomic E-state index is 13.4. The number of thioether (sulfide) groups is 1. The number of amides is 3. The summed E-state index contributed by atoms with van der Waals surface area (Å²) < 4.78 is 16.3. The van der Waals surface area contributed by atoms with Crippen LogP contribution in [0.4, 0.5) is 10.5 Å². The molecule has 2 aliphatic rings. The lowest BCUT2D eigenvalue weighted by atomic mass is 10.1. The quantitative estimate of drug-likeness (QED) is 0.537. The molecule has 2 aromatic rings. The van der Waals surface area contributed by atoms with Gasteiger partial charge in [-0.3, -0.25) is 9.78 Å². The normalized spacial score (nSPS) is 19.8. The van der Waals surface area contributed by atoms with Crippen molar-refractivity contribution in [1.82, 2.24) is 10.3 Å². The van der Waals surface area contributed by atoms with E-state index in [2.05, 4.69) is 10.3 Å². The number of rotatable bonds is 9. The number of hydrogen-bond donors (Lipinski definition) is 1. The van der Waals surface area contributed by atoms with Crippen LogP contribution in [0.25, 0.3) is 4.91 Å². The second-order valence-corrected chi connectivity index (χ2v) is 9.05. The van der Waals surface area contributed by atoms with Gasteiger partial charge in [0.25, 0.3) is 5.91 Å². The van der Waals surface area contributed by atoms with Crippen molar-refractivity contribution in [3.05, 3.63) is 58.9 Å². The monoisotopic (exact) mass is 489 g/mol. The number of pyridine rings is 1. The first-order valence-corrected chi connectivity index (χ1v) is 11.7. The highest BCUT2D eigenvalue weighted by molar-refractivity contribution is 8.09. The van der Waals surface area contributed by atoms with Crippen LogP contribution in [0.2, 0.25) is 5.02 Å². The Labute approximate surface area is 201 Å². The molecule has 0 bridgehead atoms. The fourth-order valence-corrected chi connectivity index (χ4v) is 5.23. The molecule has 10 heteroatoms. The van der Waals surface area contributed by atoms with Crippen molar-refractivity contribution in [2.75, 3.05) is 38.4 Å². The zero-order chi connectivity index (χ0) is 23.4. The first kappa shape index (κ1) is 23.6. The summed E-state index contributed by atoms with van der Waals surface area (Å²) in [4.78, 5) is 32.6. The smallest absolute Gasteiger partial charge is 0.329 e. The molecule has 2 aliphatic heterocycles. The van der Waals surface area contributed by atoms with E-state index in [9.17, 15) is 9.59 Å². The molecule has 0 aliphatic carbocycles. The first-order chi connectivity index (χ1) is 16.0. The lowest BCUT2D eigenvalue weighted by Crippen LogP contribution is -2.60. The van der Waals surface area contributed by atoms with Gasteiger partial charge in [-0.05, 0) is 19.1 Å². The summed E-state index contributed by atoms with van der Waals surface area (Å²) in [5.41, 5.74) is 1.85. The molecule has 1 N–H and O–H groups in total. The number of benzene rings is 1. The van der Waals surface area contributed by atoms with Crippen molar-refractivity contribution < 1.29 is 23.8 Å².